The van der Waals surface area contributed by atoms with E-state index in [0.717, 1.165) is 6.42 Å². The van der Waals surface area contributed by atoms with Crippen LogP contribution in [0.5, 0.6) is 5.75 Å². The largest absolute Gasteiger partial charge is 0.497 e. The van der Waals surface area contributed by atoms with Gasteiger partial charge in [0.05, 0.1) is 13.2 Å². The Hall–Kier alpha value is -2.86. The maximum Gasteiger partial charge on any atom is 0.247 e. The van der Waals surface area contributed by atoms with E-state index in [1.807, 2.05) is 38.1 Å². The Morgan fingerprint density at radius 2 is 1.93 bits per heavy atom. The monoisotopic (exact) mass is 395 g/mol. The molecule has 6 nitrogen and oxygen atoms in total. The second-order valence-electron chi connectivity index (χ2n) is 7.50. The van der Waals surface area contributed by atoms with Crippen molar-refractivity contribution in [2.24, 2.45) is 5.92 Å². The highest BCUT2D eigenvalue weighted by molar-refractivity contribution is 5.98. The summed E-state index contributed by atoms with van der Waals surface area (Å²) in [6, 6.07) is 14.3. The van der Waals surface area contributed by atoms with Crippen LogP contribution in [-0.4, -0.2) is 31.0 Å². The first-order valence-corrected chi connectivity index (χ1v) is 10.1. The van der Waals surface area contributed by atoms with E-state index < -0.39 is 6.04 Å². The zero-order valence-electron chi connectivity index (χ0n) is 17.2. The van der Waals surface area contributed by atoms with Gasteiger partial charge in [-0.2, -0.15) is 0 Å². The predicted octanol–water partition coefficient (Wildman–Crippen LogP) is 2.88. The number of hydrogen-bond acceptors (Lipinski definition) is 4. The molecule has 1 aliphatic heterocycles. The van der Waals surface area contributed by atoms with Crippen molar-refractivity contribution in [2.45, 2.75) is 45.3 Å². The number of anilines is 1. The third-order valence-corrected chi connectivity index (χ3v) is 5.53. The minimum atomic E-state index is -0.613. The molecule has 2 amide bonds. The lowest BCUT2D eigenvalue weighted by atomic mass is 9.94. The minimum absolute atomic E-state index is 0.000402. The van der Waals surface area contributed by atoms with Gasteiger partial charge in [-0.15, -0.1) is 0 Å². The number of nitrogens with one attached hydrogen (secondary N) is 3. The van der Waals surface area contributed by atoms with Gasteiger partial charge in [-0.3, -0.25) is 9.59 Å². The molecule has 3 rings (SSSR count). The number of fused-ring (bicyclic) bond motifs is 1. The van der Waals surface area contributed by atoms with Crippen LogP contribution in [0.25, 0.3) is 0 Å². The molecule has 0 aromatic heterocycles. The molecule has 3 N–H and O–H groups in total. The molecule has 0 aliphatic carbocycles. The predicted molar refractivity (Wildman–Crippen MR) is 114 cm³/mol. The van der Waals surface area contributed by atoms with Crippen LogP contribution < -0.4 is 20.7 Å². The summed E-state index contributed by atoms with van der Waals surface area (Å²) in [5.74, 6) is 0.292. The number of hydrogen-bond donors (Lipinski definition) is 3. The molecule has 3 atom stereocenters. The van der Waals surface area contributed by atoms with Crippen molar-refractivity contribution < 1.29 is 14.3 Å². The highest BCUT2D eigenvalue weighted by Crippen LogP contribution is 2.19. The molecule has 2 aromatic rings. The number of ether oxygens (including phenoxy) is 1. The van der Waals surface area contributed by atoms with Crippen molar-refractivity contribution in [1.82, 2.24) is 10.6 Å². The average Bonchev–Trinajstić information content (AvgIpc) is 2.76. The number of carbonyl (C=O) groups is 2. The van der Waals surface area contributed by atoms with Crippen molar-refractivity contribution in [3.8, 4) is 5.75 Å². The Labute approximate surface area is 172 Å². The molecule has 0 radical (unpaired) electrons. The van der Waals surface area contributed by atoms with E-state index in [-0.39, 0.29) is 23.8 Å². The van der Waals surface area contributed by atoms with Crippen LogP contribution in [0.3, 0.4) is 0 Å². The number of rotatable bonds is 7. The van der Waals surface area contributed by atoms with Crippen LogP contribution in [0.2, 0.25) is 0 Å². The lowest BCUT2D eigenvalue weighted by Gasteiger charge is -2.29. The van der Waals surface area contributed by atoms with E-state index >= 15 is 0 Å². The SMILES string of the molecule is CC[C@H](C)[C@@H](NC(=O)[C@@H]1Cc2ccccc2CN1)C(=O)Nc1cccc(OC)c1. The minimum Gasteiger partial charge on any atom is -0.497 e. The quantitative estimate of drug-likeness (QED) is 0.674. The number of benzene rings is 2. The second kappa shape index (κ2) is 9.56. The number of carbonyl (C=O) groups excluding carboxylic acids is 2. The van der Waals surface area contributed by atoms with E-state index in [0.29, 0.717) is 24.4 Å². The van der Waals surface area contributed by atoms with Crippen molar-refractivity contribution in [3.05, 3.63) is 59.7 Å². The van der Waals surface area contributed by atoms with Gasteiger partial charge in [-0.05, 0) is 35.6 Å². The summed E-state index contributed by atoms with van der Waals surface area (Å²) in [7, 11) is 1.58. The van der Waals surface area contributed by atoms with Gasteiger partial charge in [0.15, 0.2) is 0 Å². The maximum absolute atomic E-state index is 12.9. The molecule has 6 heteroatoms. The molecule has 0 saturated heterocycles. The van der Waals surface area contributed by atoms with Crippen LogP contribution in [-0.2, 0) is 22.6 Å². The Balaban J connectivity index is 1.68. The van der Waals surface area contributed by atoms with E-state index in [2.05, 4.69) is 28.1 Å². The molecule has 0 unspecified atom stereocenters. The number of amides is 2. The maximum atomic E-state index is 12.9. The Morgan fingerprint density at radius 1 is 1.17 bits per heavy atom. The zero-order valence-corrected chi connectivity index (χ0v) is 17.2. The van der Waals surface area contributed by atoms with Gasteiger partial charge in [-0.25, -0.2) is 0 Å². The molecule has 0 saturated carbocycles. The summed E-state index contributed by atoms with van der Waals surface area (Å²) in [5, 5.41) is 9.15. The fraction of sp³-hybridized carbons (Fsp3) is 0.391. The summed E-state index contributed by atoms with van der Waals surface area (Å²) in [6.45, 7) is 4.63. The molecule has 1 heterocycles. The fourth-order valence-corrected chi connectivity index (χ4v) is 3.52. The van der Waals surface area contributed by atoms with Crippen LogP contribution >= 0.6 is 0 Å². The first-order chi connectivity index (χ1) is 14.0. The smallest absolute Gasteiger partial charge is 0.247 e. The molecular weight excluding hydrogens is 366 g/mol. The van der Waals surface area contributed by atoms with Crippen molar-refractivity contribution in [2.75, 3.05) is 12.4 Å². The Morgan fingerprint density at radius 3 is 2.66 bits per heavy atom. The van der Waals surface area contributed by atoms with Crippen LogP contribution in [0.1, 0.15) is 31.4 Å². The average molecular weight is 396 g/mol. The molecule has 0 bridgehead atoms. The van der Waals surface area contributed by atoms with Crippen LogP contribution in [0.4, 0.5) is 5.69 Å². The fourth-order valence-electron chi connectivity index (χ4n) is 3.52. The molecule has 154 valence electrons. The van der Waals surface area contributed by atoms with Crippen LogP contribution in [0, 0.1) is 5.92 Å². The second-order valence-corrected chi connectivity index (χ2v) is 7.50. The van der Waals surface area contributed by atoms with Gasteiger partial charge >= 0.3 is 0 Å². The highest BCUT2D eigenvalue weighted by atomic mass is 16.5. The summed E-state index contributed by atoms with van der Waals surface area (Å²) in [6.07, 6.45) is 1.39. The molecule has 0 fully saturated rings. The topological polar surface area (TPSA) is 79.5 Å². The molecular formula is C23H29N3O3. The third kappa shape index (κ3) is 5.15. The van der Waals surface area contributed by atoms with Gasteiger partial charge in [0.1, 0.15) is 11.8 Å². The van der Waals surface area contributed by atoms with Crippen molar-refractivity contribution in [3.63, 3.8) is 0 Å². The van der Waals surface area contributed by atoms with E-state index in [4.69, 9.17) is 4.74 Å². The Bertz CT molecular complexity index is 868. The normalized spacial score (nSPS) is 17.6. The van der Waals surface area contributed by atoms with E-state index in [9.17, 15) is 9.59 Å². The molecule has 2 aromatic carbocycles. The molecule has 0 spiro atoms. The summed E-state index contributed by atoms with van der Waals surface area (Å²) in [4.78, 5) is 25.9. The van der Waals surface area contributed by atoms with Gasteiger partial charge < -0.3 is 20.7 Å². The van der Waals surface area contributed by atoms with Gasteiger partial charge in [0.2, 0.25) is 11.8 Å². The van der Waals surface area contributed by atoms with Crippen LogP contribution in [0.15, 0.2) is 48.5 Å². The molecule has 1 aliphatic rings. The highest BCUT2D eigenvalue weighted by Gasteiger charge is 2.30. The number of methoxy groups -OCH3 is 1. The van der Waals surface area contributed by atoms with Crippen molar-refractivity contribution >= 4 is 17.5 Å². The Kier molecular flexibility index (Phi) is 6.88. The van der Waals surface area contributed by atoms with Gasteiger partial charge in [0, 0.05) is 18.3 Å². The van der Waals surface area contributed by atoms with Gasteiger partial charge in [0.25, 0.3) is 0 Å². The zero-order chi connectivity index (χ0) is 20.8. The van der Waals surface area contributed by atoms with E-state index in [1.165, 1.54) is 11.1 Å². The lowest BCUT2D eigenvalue weighted by Crippen LogP contribution is -2.55. The van der Waals surface area contributed by atoms with Crippen molar-refractivity contribution in [1.29, 1.82) is 0 Å². The van der Waals surface area contributed by atoms with E-state index in [1.54, 1.807) is 19.2 Å². The summed E-state index contributed by atoms with van der Waals surface area (Å²) >= 11 is 0. The standard InChI is InChI=1S/C23H29N3O3/c1-4-15(2)21(23(28)25-18-10-7-11-19(13-18)29-3)26-22(27)20-12-16-8-5-6-9-17(16)14-24-20/h5-11,13,15,20-21,24H,4,12,14H2,1-3H3,(H,25,28)(H,26,27)/t15-,20-,21+/m0/s1. The summed E-state index contributed by atoms with van der Waals surface area (Å²) < 4.78 is 5.21. The third-order valence-electron chi connectivity index (χ3n) is 5.53. The molecule has 29 heavy (non-hydrogen) atoms. The summed E-state index contributed by atoms with van der Waals surface area (Å²) in [5.41, 5.74) is 3.03. The lowest BCUT2D eigenvalue weighted by molar-refractivity contribution is -0.129. The first-order valence-electron chi connectivity index (χ1n) is 10.1. The van der Waals surface area contributed by atoms with Gasteiger partial charge in [-0.1, -0.05) is 50.6 Å². The first kappa shape index (κ1) is 20.9.